The molecule has 2 rings (SSSR count). The van der Waals surface area contributed by atoms with Crippen LogP contribution in [-0.2, 0) is 7.05 Å². The number of carbonyl (C=O) groups is 1. The van der Waals surface area contributed by atoms with Gasteiger partial charge in [0.2, 0.25) is 0 Å². The van der Waals surface area contributed by atoms with Crippen LogP contribution >= 0.6 is 0 Å². The van der Waals surface area contributed by atoms with E-state index in [1.165, 1.54) is 0 Å². The van der Waals surface area contributed by atoms with Crippen molar-refractivity contribution >= 4 is 6.29 Å². The number of rotatable bonds is 2. The maximum atomic E-state index is 10.8. The summed E-state index contributed by atoms with van der Waals surface area (Å²) in [6.07, 6.45) is 4.11. The van der Waals surface area contributed by atoms with Crippen LogP contribution in [-0.4, -0.2) is 26.0 Å². The monoisotopic (exact) mass is 202 g/mol. The van der Waals surface area contributed by atoms with Crippen LogP contribution in [0.2, 0.25) is 0 Å². The summed E-state index contributed by atoms with van der Waals surface area (Å²) in [5.74, 6) is 0.533. The van der Waals surface area contributed by atoms with E-state index in [1.54, 1.807) is 30.2 Å². The van der Waals surface area contributed by atoms with Crippen LogP contribution in [0.1, 0.15) is 16.2 Å². The van der Waals surface area contributed by atoms with Crippen LogP contribution in [0.3, 0.4) is 0 Å². The number of aldehydes is 1. The van der Waals surface area contributed by atoms with E-state index in [-0.39, 0.29) is 0 Å². The van der Waals surface area contributed by atoms with E-state index >= 15 is 0 Å². The molecule has 0 fully saturated rings. The van der Waals surface area contributed by atoms with Gasteiger partial charge in [-0.25, -0.2) is 9.97 Å². The van der Waals surface area contributed by atoms with Gasteiger partial charge < -0.3 is 0 Å². The maximum Gasteiger partial charge on any atom is 0.171 e. The van der Waals surface area contributed by atoms with Crippen molar-refractivity contribution in [2.75, 3.05) is 0 Å². The molecule has 2 aromatic heterocycles. The Bertz CT molecular complexity index is 504. The summed E-state index contributed by atoms with van der Waals surface area (Å²) in [5.41, 5.74) is 1.89. The van der Waals surface area contributed by atoms with E-state index in [1.807, 2.05) is 6.92 Å². The molecule has 0 atom stereocenters. The second kappa shape index (κ2) is 3.61. The third-order valence-electron chi connectivity index (χ3n) is 2.00. The van der Waals surface area contributed by atoms with Crippen molar-refractivity contribution < 1.29 is 4.79 Å². The smallest absolute Gasteiger partial charge is 0.171 e. The largest absolute Gasteiger partial charge is 0.296 e. The lowest BCUT2D eigenvalue weighted by molar-refractivity contribution is 0.111. The topological polar surface area (TPSA) is 60.7 Å². The number of hydrogen-bond donors (Lipinski definition) is 0. The van der Waals surface area contributed by atoms with Crippen molar-refractivity contribution in [3.05, 3.63) is 29.8 Å². The minimum atomic E-state index is 0.364. The van der Waals surface area contributed by atoms with E-state index < -0.39 is 0 Å². The van der Waals surface area contributed by atoms with Gasteiger partial charge in [0.1, 0.15) is 5.69 Å². The van der Waals surface area contributed by atoms with Crippen LogP contribution in [0.25, 0.3) is 11.4 Å². The summed E-state index contributed by atoms with van der Waals surface area (Å²) < 4.78 is 1.57. The second-order valence-electron chi connectivity index (χ2n) is 3.24. The Kier molecular flexibility index (Phi) is 2.29. The van der Waals surface area contributed by atoms with E-state index in [2.05, 4.69) is 15.1 Å². The van der Waals surface area contributed by atoms with Crippen molar-refractivity contribution in [3.63, 3.8) is 0 Å². The van der Waals surface area contributed by atoms with Crippen LogP contribution in [0, 0.1) is 6.92 Å². The Morgan fingerprint density at radius 2 is 2.27 bits per heavy atom. The number of aryl methyl sites for hydroxylation is 2. The first-order valence-corrected chi connectivity index (χ1v) is 4.49. The SMILES string of the molecule is Cc1ccnc(-c2cn(C)nc2C=O)n1. The zero-order chi connectivity index (χ0) is 10.8. The van der Waals surface area contributed by atoms with E-state index in [0.29, 0.717) is 23.4 Å². The van der Waals surface area contributed by atoms with Crippen LogP contribution < -0.4 is 0 Å². The molecule has 0 aliphatic rings. The summed E-state index contributed by atoms with van der Waals surface area (Å²) in [4.78, 5) is 19.1. The lowest BCUT2D eigenvalue weighted by atomic mass is 10.2. The maximum absolute atomic E-state index is 10.8. The molecule has 15 heavy (non-hydrogen) atoms. The average molecular weight is 202 g/mol. The molecule has 0 radical (unpaired) electrons. The standard InChI is InChI=1S/C10H10N4O/c1-7-3-4-11-10(12-7)8-5-14(2)13-9(8)6-15/h3-6H,1-2H3. The molecule has 5 heteroatoms. The molecule has 0 saturated carbocycles. The number of aromatic nitrogens is 4. The van der Waals surface area contributed by atoms with Crippen LogP contribution in [0.15, 0.2) is 18.5 Å². The Hall–Kier alpha value is -2.04. The summed E-state index contributed by atoms with van der Waals surface area (Å²) >= 11 is 0. The molecule has 76 valence electrons. The fourth-order valence-electron chi connectivity index (χ4n) is 1.34. The molecule has 0 N–H and O–H groups in total. The predicted molar refractivity (Wildman–Crippen MR) is 54.4 cm³/mol. The Balaban J connectivity index is 2.57. The van der Waals surface area contributed by atoms with Gasteiger partial charge in [-0.3, -0.25) is 9.48 Å². The predicted octanol–water partition coefficient (Wildman–Crippen LogP) is 0.998. The lowest BCUT2D eigenvalue weighted by Gasteiger charge is -1.97. The summed E-state index contributed by atoms with van der Waals surface area (Å²) in [6, 6.07) is 1.81. The van der Waals surface area contributed by atoms with E-state index in [9.17, 15) is 4.79 Å². The van der Waals surface area contributed by atoms with Gasteiger partial charge in [0, 0.05) is 25.1 Å². The molecule has 0 aliphatic heterocycles. The Morgan fingerprint density at radius 3 is 2.93 bits per heavy atom. The molecular weight excluding hydrogens is 192 g/mol. The van der Waals surface area contributed by atoms with Gasteiger partial charge in [-0.05, 0) is 13.0 Å². The molecule has 2 aromatic rings. The minimum absolute atomic E-state index is 0.364. The highest BCUT2D eigenvalue weighted by Crippen LogP contribution is 2.16. The van der Waals surface area contributed by atoms with Gasteiger partial charge in [0.25, 0.3) is 0 Å². The fraction of sp³-hybridized carbons (Fsp3) is 0.200. The van der Waals surface area contributed by atoms with Gasteiger partial charge in [-0.1, -0.05) is 0 Å². The molecule has 0 spiro atoms. The lowest BCUT2D eigenvalue weighted by Crippen LogP contribution is -1.92. The van der Waals surface area contributed by atoms with Crippen LogP contribution in [0.4, 0.5) is 0 Å². The van der Waals surface area contributed by atoms with Crippen molar-refractivity contribution in [1.29, 1.82) is 0 Å². The Morgan fingerprint density at radius 1 is 1.47 bits per heavy atom. The third kappa shape index (κ3) is 1.76. The first kappa shape index (κ1) is 9.51. The number of nitrogens with zero attached hydrogens (tertiary/aromatic N) is 4. The van der Waals surface area contributed by atoms with E-state index in [0.717, 1.165) is 5.69 Å². The fourth-order valence-corrected chi connectivity index (χ4v) is 1.34. The third-order valence-corrected chi connectivity index (χ3v) is 2.00. The van der Waals surface area contributed by atoms with Gasteiger partial charge in [-0.2, -0.15) is 5.10 Å². The highest BCUT2D eigenvalue weighted by atomic mass is 16.1. The normalized spacial score (nSPS) is 10.3. The Labute approximate surface area is 86.8 Å². The molecule has 0 aliphatic carbocycles. The number of carbonyl (C=O) groups excluding carboxylic acids is 1. The molecule has 0 saturated heterocycles. The van der Waals surface area contributed by atoms with Crippen LogP contribution in [0.5, 0.6) is 0 Å². The van der Waals surface area contributed by atoms with E-state index in [4.69, 9.17) is 0 Å². The first-order chi connectivity index (χ1) is 7.20. The summed E-state index contributed by atoms with van der Waals surface area (Å²) in [5, 5.41) is 4.00. The van der Waals surface area contributed by atoms with Crippen molar-refractivity contribution in [2.24, 2.45) is 7.05 Å². The highest BCUT2D eigenvalue weighted by Gasteiger charge is 2.11. The zero-order valence-corrected chi connectivity index (χ0v) is 8.51. The second-order valence-corrected chi connectivity index (χ2v) is 3.24. The van der Waals surface area contributed by atoms with Crippen molar-refractivity contribution in [1.82, 2.24) is 19.7 Å². The minimum Gasteiger partial charge on any atom is -0.296 e. The van der Waals surface area contributed by atoms with Gasteiger partial charge in [0.05, 0.1) is 5.56 Å². The molecular formula is C10H10N4O. The summed E-state index contributed by atoms with van der Waals surface area (Å²) in [7, 11) is 1.76. The van der Waals surface area contributed by atoms with Crippen molar-refractivity contribution in [2.45, 2.75) is 6.92 Å². The first-order valence-electron chi connectivity index (χ1n) is 4.49. The average Bonchev–Trinajstić information content (AvgIpc) is 2.59. The molecule has 5 nitrogen and oxygen atoms in total. The van der Waals surface area contributed by atoms with Crippen molar-refractivity contribution in [3.8, 4) is 11.4 Å². The molecule has 0 bridgehead atoms. The van der Waals surface area contributed by atoms with Gasteiger partial charge in [-0.15, -0.1) is 0 Å². The highest BCUT2D eigenvalue weighted by molar-refractivity contribution is 5.82. The number of hydrogen-bond acceptors (Lipinski definition) is 4. The molecule has 0 aromatic carbocycles. The molecule has 2 heterocycles. The quantitative estimate of drug-likeness (QED) is 0.681. The summed E-state index contributed by atoms with van der Waals surface area (Å²) in [6.45, 7) is 1.88. The van der Waals surface area contributed by atoms with Gasteiger partial charge in [0.15, 0.2) is 12.1 Å². The molecule has 0 amide bonds. The molecule has 0 unspecified atom stereocenters. The van der Waals surface area contributed by atoms with Gasteiger partial charge >= 0.3 is 0 Å². The zero-order valence-electron chi connectivity index (χ0n) is 8.51.